The molecule has 26 heavy (non-hydrogen) atoms. The number of anilines is 1. The van der Waals surface area contributed by atoms with Crippen LogP contribution in [-0.2, 0) is 9.59 Å². The number of carbonyl (C=O) groups is 3. The zero-order valence-electron chi connectivity index (χ0n) is 13.9. The Hall–Kier alpha value is -2.38. The van der Waals surface area contributed by atoms with Gasteiger partial charge in [0.05, 0.1) is 4.91 Å². The van der Waals surface area contributed by atoms with Gasteiger partial charge in [-0.25, -0.2) is 0 Å². The average molecular weight is 431 g/mol. The van der Waals surface area contributed by atoms with E-state index in [0.717, 1.165) is 32.3 Å². The largest absolute Gasteiger partial charge is 0.325 e. The summed E-state index contributed by atoms with van der Waals surface area (Å²) in [7, 11) is 0. The zero-order chi connectivity index (χ0) is 18.7. The molecule has 0 saturated carbocycles. The third-order valence-corrected chi connectivity index (χ3v) is 5.02. The minimum Gasteiger partial charge on any atom is -0.325 e. The van der Waals surface area contributed by atoms with Crippen molar-refractivity contribution in [3.63, 3.8) is 0 Å². The van der Waals surface area contributed by atoms with Gasteiger partial charge in [0.1, 0.15) is 6.54 Å². The van der Waals surface area contributed by atoms with Crippen LogP contribution in [0.5, 0.6) is 0 Å². The summed E-state index contributed by atoms with van der Waals surface area (Å²) in [5, 5.41) is 2.25. The molecule has 0 bridgehead atoms. The van der Waals surface area contributed by atoms with Crippen LogP contribution in [0.4, 0.5) is 10.5 Å². The van der Waals surface area contributed by atoms with Gasteiger partial charge < -0.3 is 5.32 Å². The van der Waals surface area contributed by atoms with Crippen LogP contribution in [0.25, 0.3) is 6.08 Å². The standard InChI is InChI=1S/C19H15BrN2O3S/c1-12-4-2-7-15(8-12)21-17(23)11-22-18(24)16(26-19(22)25)10-13-5-3-6-14(20)9-13/h2-10H,11H2,1H3,(H,21,23)/b16-10-. The van der Waals surface area contributed by atoms with E-state index >= 15 is 0 Å². The fraction of sp³-hybridized carbons (Fsp3) is 0.105. The summed E-state index contributed by atoms with van der Waals surface area (Å²) in [6.07, 6.45) is 1.65. The van der Waals surface area contributed by atoms with E-state index in [0.29, 0.717) is 10.6 Å². The van der Waals surface area contributed by atoms with Crippen molar-refractivity contribution in [2.45, 2.75) is 6.92 Å². The van der Waals surface area contributed by atoms with Crippen LogP contribution in [0.15, 0.2) is 57.9 Å². The summed E-state index contributed by atoms with van der Waals surface area (Å²) in [4.78, 5) is 38.1. The second-order valence-corrected chi connectivity index (χ2v) is 7.65. The van der Waals surface area contributed by atoms with Crippen LogP contribution in [0.1, 0.15) is 11.1 Å². The van der Waals surface area contributed by atoms with E-state index in [1.807, 2.05) is 49.4 Å². The zero-order valence-corrected chi connectivity index (χ0v) is 16.3. The molecule has 2 aromatic rings. The summed E-state index contributed by atoms with van der Waals surface area (Å²) in [5.74, 6) is -0.874. The van der Waals surface area contributed by atoms with Crippen molar-refractivity contribution in [3.8, 4) is 0 Å². The van der Waals surface area contributed by atoms with Gasteiger partial charge in [-0.1, -0.05) is 40.2 Å². The van der Waals surface area contributed by atoms with Crippen LogP contribution in [0, 0.1) is 6.92 Å². The first-order valence-corrected chi connectivity index (χ1v) is 9.41. The van der Waals surface area contributed by atoms with Crippen LogP contribution in [0.3, 0.4) is 0 Å². The minimum atomic E-state index is -0.459. The van der Waals surface area contributed by atoms with Gasteiger partial charge in [-0.05, 0) is 60.2 Å². The first-order valence-electron chi connectivity index (χ1n) is 7.80. The van der Waals surface area contributed by atoms with Crippen molar-refractivity contribution in [1.29, 1.82) is 0 Å². The maximum absolute atomic E-state index is 12.5. The van der Waals surface area contributed by atoms with Crippen LogP contribution in [-0.4, -0.2) is 28.5 Å². The van der Waals surface area contributed by atoms with E-state index in [1.54, 1.807) is 12.1 Å². The lowest BCUT2D eigenvalue weighted by Gasteiger charge is -2.12. The van der Waals surface area contributed by atoms with Gasteiger partial charge in [-0.3, -0.25) is 19.3 Å². The lowest BCUT2D eigenvalue weighted by Crippen LogP contribution is -2.36. The van der Waals surface area contributed by atoms with Crippen LogP contribution >= 0.6 is 27.7 Å². The molecule has 0 atom stereocenters. The molecule has 0 radical (unpaired) electrons. The second kappa shape index (κ2) is 7.88. The molecule has 1 saturated heterocycles. The molecule has 1 heterocycles. The number of rotatable bonds is 4. The Morgan fingerprint density at radius 3 is 2.69 bits per heavy atom. The third-order valence-electron chi connectivity index (χ3n) is 3.62. The van der Waals surface area contributed by atoms with E-state index in [4.69, 9.17) is 0 Å². The van der Waals surface area contributed by atoms with Crippen molar-refractivity contribution >= 4 is 56.5 Å². The number of amides is 3. The molecule has 3 amide bonds. The van der Waals surface area contributed by atoms with Gasteiger partial charge in [-0.2, -0.15) is 0 Å². The Morgan fingerprint density at radius 1 is 1.19 bits per heavy atom. The molecule has 0 aromatic heterocycles. The summed E-state index contributed by atoms with van der Waals surface area (Å²) in [6, 6.07) is 14.7. The predicted molar refractivity (Wildman–Crippen MR) is 107 cm³/mol. The lowest BCUT2D eigenvalue weighted by molar-refractivity contribution is -0.127. The molecule has 1 N–H and O–H groups in total. The van der Waals surface area contributed by atoms with E-state index in [2.05, 4.69) is 21.2 Å². The lowest BCUT2D eigenvalue weighted by atomic mass is 10.2. The molecular formula is C19H15BrN2O3S. The number of hydrogen-bond acceptors (Lipinski definition) is 4. The van der Waals surface area contributed by atoms with Gasteiger partial charge in [-0.15, -0.1) is 0 Å². The van der Waals surface area contributed by atoms with E-state index in [9.17, 15) is 14.4 Å². The molecule has 1 aliphatic heterocycles. The molecule has 132 valence electrons. The Morgan fingerprint density at radius 2 is 1.96 bits per heavy atom. The third kappa shape index (κ3) is 4.42. The van der Waals surface area contributed by atoms with Gasteiger partial charge >= 0.3 is 0 Å². The van der Waals surface area contributed by atoms with Gasteiger partial charge in [0.25, 0.3) is 11.1 Å². The first kappa shape index (κ1) is 18.4. The number of aryl methyl sites for hydroxylation is 1. The summed E-state index contributed by atoms with van der Waals surface area (Å²) in [5.41, 5.74) is 2.44. The maximum atomic E-state index is 12.5. The van der Waals surface area contributed by atoms with Crippen LogP contribution in [0.2, 0.25) is 0 Å². The maximum Gasteiger partial charge on any atom is 0.294 e. The van der Waals surface area contributed by atoms with Crippen molar-refractivity contribution in [2.24, 2.45) is 0 Å². The number of thioether (sulfide) groups is 1. The van der Waals surface area contributed by atoms with E-state index in [1.165, 1.54) is 0 Å². The van der Waals surface area contributed by atoms with E-state index < -0.39 is 17.1 Å². The molecule has 0 aliphatic carbocycles. The highest BCUT2D eigenvalue weighted by molar-refractivity contribution is 9.10. The topological polar surface area (TPSA) is 66.5 Å². The number of nitrogens with zero attached hydrogens (tertiary/aromatic N) is 1. The number of carbonyl (C=O) groups excluding carboxylic acids is 3. The van der Waals surface area contributed by atoms with Crippen molar-refractivity contribution < 1.29 is 14.4 Å². The Bertz CT molecular complexity index is 927. The number of benzene rings is 2. The van der Waals surface area contributed by atoms with Crippen molar-refractivity contribution in [1.82, 2.24) is 4.90 Å². The molecule has 1 aliphatic rings. The van der Waals surface area contributed by atoms with Crippen molar-refractivity contribution in [2.75, 3.05) is 11.9 Å². The smallest absolute Gasteiger partial charge is 0.294 e. The highest BCUT2D eigenvalue weighted by Gasteiger charge is 2.36. The predicted octanol–water partition coefficient (Wildman–Crippen LogP) is 4.43. The summed E-state index contributed by atoms with van der Waals surface area (Å²) < 4.78 is 0.878. The summed E-state index contributed by atoms with van der Waals surface area (Å²) in [6.45, 7) is 1.60. The monoisotopic (exact) mass is 430 g/mol. The first-order chi connectivity index (χ1) is 12.4. The molecule has 0 spiro atoms. The van der Waals surface area contributed by atoms with Crippen LogP contribution < -0.4 is 5.32 Å². The molecular weight excluding hydrogens is 416 g/mol. The van der Waals surface area contributed by atoms with E-state index in [-0.39, 0.29) is 6.54 Å². The van der Waals surface area contributed by atoms with Crippen molar-refractivity contribution in [3.05, 3.63) is 69.0 Å². The molecule has 1 fully saturated rings. The highest BCUT2D eigenvalue weighted by atomic mass is 79.9. The minimum absolute atomic E-state index is 0.302. The Labute approximate surface area is 163 Å². The van der Waals surface area contributed by atoms with Gasteiger partial charge in [0, 0.05) is 10.2 Å². The Balaban J connectivity index is 1.70. The van der Waals surface area contributed by atoms with Gasteiger partial charge in [0.15, 0.2) is 0 Å². The second-order valence-electron chi connectivity index (χ2n) is 5.74. The number of hydrogen-bond donors (Lipinski definition) is 1. The number of halogens is 1. The normalized spacial score (nSPS) is 15.6. The quantitative estimate of drug-likeness (QED) is 0.728. The fourth-order valence-electron chi connectivity index (χ4n) is 2.45. The number of imide groups is 1. The fourth-order valence-corrected chi connectivity index (χ4v) is 3.71. The number of nitrogens with one attached hydrogen (secondary N) is 1. The molecule has 7 heteroatoms. The Kier molecular flexibility index (Phi) is 5.58. The SMILES string of the molecule is Cc1cccc(NC(=O)CN2C(=O)S/C(=C\c3cccc(Br)c3)C2=O)c1. The molecule has 0 unspecified atom stereocenters. The molecule has 3 rings (SSSR count). The summed E-state index contributed by atoms with van der Waals surface area (Å²) >= 11 is 4.20. The van der Waals surface area contributed by atoms with Gasteiger partial charge in [0.2, 0.25) is 5.91 Å². The molecule has 2 aromatic carbocycles. The average Bonchev–Trinajstić information content (AvgIpc) is 2.82. The highest BCUT2D eigenvalue weighted by Crippen LogP contribution is 2.32. The molecule has 5 nitrogen and oxygen atoms in total.